The van der Waals surface area contributed by atoms with Gasteiger partial charge < -0.3 is 10.1 Å². The van der Waals surface area contributed by atoms with Gasteiger partial charge in [0.1, 0.15) is 0 Å². The van der Waals surface area contributed by atoms with Gasteiger partial charge in [-0.05, 0) is 43.9 Å². The number of ether oxygens (including phenoxy) is 1. The maximum Gasteiger partial charge on any atom is 0.0724 e. The van der Waals surface area contributed by atoms with Gasteiger partial charge in [0.2, 0.25) is 0 Å². The van der Waals surface area contributed by atoms with Crippen molar-refractivity contribution in [2.45, 2.75) is 77.0 Å². The van der Waals surface area contributed by atoms with Crippen LogP contribution in [0.4, 0.5) is 0 Å². The Kier molecular flexibility index (Phi) is 4.87. The second-order valence-corrected chi connectivity index (χ2v) is 6.35. The first kappa shape index (κ1) is 13.4. The van der Waals surface area contributed by atoms with Crippen molar-refractivity contribution >= 4 is 0 Å². The summed E-state index contributed by atoms with van der Waals surface area (Å²) < 4.78 is 5.58. The van der Waals surface area contributed by atoms with Crippen molar-refractivity contribution in [1.29, 1.82) is 0 Å². The topological polar surface area (TPSA) is 21.3 Å². The molecule has 2 rings (SSSR count). The molecule has 0 amide bonds. The van der Waals surface area contributed by atoms with Crippen LogP contribution in [-0.2, 0) is 4.74 Å². The van der Waals surface area contributed by atoms with Gasteiger partial charge in [0.15, 0.2) is 0 Å². The molecule has 0 heterocycles. The molecule has 0 aromatic heterocycles. The van der Waals surface area contributed by atoms with E-state index in [1.165, 1.54) is 44.9 Å². The molecule has 0 saturated heterocycles. The first-order valence-electron chi connectivity index (χ1n) is 7.49. The van der Waals surface area contributed by atoms with Crippen molar-refractivity contribution < 1.29 is 4.74 Å². The Morgan fingerprint density at radius 2 is 1.82 bits per heavy atom. The maximum atomic E-state index is 5.58. The molecule has 100 valence electrons. The summed E-state index contributed by atoms with van der Waals surface area (Å²) in [4.78, 5) is 0. The smallest absolute Gasteiger partial charge is 0.0724 e. The molecule has 0 spiro atoms. The predicted molar refractivity (Wildman–Crippen MR) is 72.2 cm³/mol. The fourth-order valence-electron chi connectivity index (χ4n) is 3.69. The van der Waals surface area contributed by atoms with Crippen LogP contribution in [0.3, 0.4) is 0 Å². The normalized spacial score (nSPS) is 38.8. The van der Waals surface area contributed by atoms with Gasteiger partial charge in [-0.25, -0.2) is 0 Å². The van der Waals surface area contributed by atoms with Crippen LogP contribution in [0.2, 0.25) is 0 Å². The Labute approximate surface area is 107 Å². The molecule has 2 aliphatic carbocycles. The zero-order valence-electron chi connectivity index (χ0n) is 11.7. The van der Waals surface area contributed by atoms with Gasteiger partial charge in [-0.15, -0.1) is 0 Å². The molecule has 0 aromatic carbocycles. The van der Waals surface area contributed by atoms with Crippen LogP contribution >= 0.6 is 0 Å². The minimum atomic E-state index is 0.467. The summed E-state index contributed by atoms with van der Waals surface area (Å²) in [7, 11) is 1.86. The van der Waals surface area contributed by atoms with E-state index >= 15 is 0 Å². The fraction of sp³-hybridized carbons (Fsp3) is 1.00. The quantitative estimate of drug-likeness (QED) is 0.812. The second kappa shape index (κ2) is 6.19. The zero-order chi connectivity index (χ0) is 12.3. The largest absolute Gasteiger partial charge is 0.380 e. The molecule has 0 aliphatic heterocycles. The van der Waals surface area contributed by atoms with E-state index in [4.69, 9.17) is 4.74 Å². The van der Waals surface area contributed by atoms with Gasteiger partial charge in [0, 0.05) is 19.2 Å². The van der Waals surface area contributed by atoms with E-state index in [2.05, 4.69) is 19.2 Å². The average molecular weight is 239 g/mol. The summed E-state index contributed by atoms with van der Waals surface area (Å²) in [6.07, 6.45) is 9.95. The van der Waals surface area contributed by atoms with E-state index in [1.807, 2.05) is 7.11 Å². The summed E-state index contributed by atoms with van der Waals surface area (Å²) in [6.45, 7) is 4.75. The predicted octanol–water partition coefficient (Wildman–Crippen LogP) is 3.36. The van der Waals surface area contributed by atoms with E-state index < -0.39 is 0 Å². The maximum absolute atomic E-state index is 5.58. The molecule has 0 bridgehead atoms. The number of hydrogen-bond donors (Lipinski definition) is 1. The first-order valence-corrected chi connectivity index (χ1v) is 7.49. The van der Waals surface area contributed by atoms with Crippen LogP contribution in [0.25, 0.3) is 0 Å². The second-order valence-electron chi connectivity index (χ2n) is 6.35. The van der Waals surface area contributed by atoms with Crippen molar-refractivity contribution in [3.63, 3.8) is 0 Å². The van der Waals surface area contributed by atoms with Crippen molar-refractivity contribution in [2.24, 2.45) is 11.8 Å². The van der Waals surface area contributed by atoms with E-state index in [-0.39, 0.29) is 0 Å². The summed E-state index contributed by atoms with van der Waals surface area (Å²) in [5.41, 5.74) is 0. The van der Waals surface area contributed by atoms with Crippen LogP contribution in [0.15, 0.2) is 0 Å². The highest BCUT2D eigenvalue weighted by molar-refractivity contribution is 4.89. The third-order valence-corrected chi connectivity index (χ3v) is 4.86. The van der Waals surface area contributed by atoms with Gasteiger partial charge in [-0.1, -0.05) is 26.7 Å². The molecule has 17 heavy (non-hydrogen) atoms. The molecule has 2 nitrogen and oxygen atoms in total. The van der Waals surface area contributed by atoms with Crippen LogP contribution in [0, 0.1) is 11.8 Å². The third-order valence-electron chi connectivity index (χ3n) is 4.86. The van der Waals surface area contributed by atoms with Crippen LogP contribution in [0.1, 0.15) is 58.8 Å². The molecular formula is C15H29NO. The van der Waals surface area contributed by atoms with Gasteiger partial charge in [-0.2, -0.15) is 0 Å². The molecule has 2 aliphatic rings. The molecule has 0 radical (unpaired) electrons. The van der Waals surface area contributed by atoms with Gasteiger partial charge in [0.25, 0.3) is 0 Å². The van der Waals surface area contributed by atoms with Crippen molar-refractivity contribution in [2.75, 3.05) is 7.11 Å². The zero-order valence-corrected chi connectivity index (χ0v) is 11.7. The number of methoxy groups -OCH3 is 1. The van der Waals surface area contributed by atoms with E-state index in [0.29, 0.717) is 12.1 Å². The van der Waals surface area contributed by atoms with Gasteiger partial charge >= 0.3 is 0 Å². The lowest BCUT2D eigenvalue weighted by atomic mass is 9.79. The molecular weight excluding hydrogens is 210 g/mol. The van der Waals surface area contributed by atoms with E-state index in [1.54, 1.807) is 0 Å². The fourth-order valence-corrected chi connectivity index (χ4v) is 3.69. The summed E-state index contributed by atoms with van der Waals surface area (Å²) in [6, 6.07) is 1.37. The number of nitrogens with one attached hydrogen (secondary N) is 1. The third kappa shape index (κ3) is 3.45. The molecule has 4 unspecified atom stereocenters. The van der Waals surface area contributed by atoms with Crippen LogP contribution in [0.5, 0.6) is 0 Å². The van der Waals surface area contributed by atoms with Crippen LogP contribution in [-0.4, -0.2) is 25.3 Å². The highest BCUT2D eigenvalue weighted by Crippen LogP contribution is 2.31. The minimum Gasteiger partial charge on any atom is -0.380 e. The summed E-state index contributed by atoms with van der Waals surface area (Å²) >= 11 is 0. The Bertz CT molecular complexity index is 229. The SMILES string of the molecule is COC1CCCC1NC1CCCC(C(C)C)C1. The molecule has 4 atom stereocenters. The lowest BCUT2D eigenvalue weighted by Gasteiger charge is -2.35. The summed E-state index contributed by atoms with van der Waals surface area (Å²) in [5.74, 6) is 1.78. The monoisotopic (exact) mass is 239 g/mol. The molecule has 2 saturated carbocycles. The molecule has 2 fully saturated rings. The average Bonchev–Trinajstić information content (AvgIpc) is 2.76. The Morgan fingerprint density at radius 3 is 2.53 bits per heavy atom. The molecule has 2 heteroatoms. The Balaban J connectivity index is 1.82. The van der Waals surface area contributed by atoms with Crippen molar-refractivity contribution in [3.05, 3.63) is 0 Å². The Hall–Kier alpha value is -0.0800. The van der Waals surface area contributed by atoms with Crippen molar-refractivity contribution in [1.82, 2.24) is 5.32 Å². The Morgan fingerprint density at radius 1 is 1.06 bits per heavy atom. The summed E-state index contributed by atoms with van der Waals surface area (Å²) in [5, 5.41) is 3.88. The standard InChI is InChI=1S/C15H29NO/c1-11(2)12-6-4-7-13(10-12)16-14-8-5-9-15(14)17-3/h11-16H,4-10H2,1-3H3. The van der Waals surface area contributed by atoms with E-state index in [9.17, 15) is 0 Å². The van der Waals surface area contributed by atoms with Crippen LogP contribution < -0.4 is 5.32 Å². The lowest BCUT2D eigenvalue weighted by molar-refractivity contribution is 0.0760. The highest BCUT2D eigenvalue weighted by atomic mass is 16.5. The highest BCUT2D eigenvalue weighted by Gasteiger charge is 2.31. The molecule has 1 N–H and O–H groups in total. The number of hydrogen-bond acceptors (Lipinski definition) is 2. The number of rotatable bonds is 4. The lowest BCUT2D eigenvalue weighted by Crippen LogP contribution is -2.45. The van der Waals surface area contributed by atoms with Gasteiger partial charge in [-0.3, -0.25) is 0 Å². The minimum absolute atomic E-state index is 0.467. The van der Waals surface area contributed by atoms with Gasteiger partial charge in [0.05, 0.1) is 6.10 Å². The van der Waals surface area contributed by atoms with E-state index in [0.717, 1.165) is 17.9 Å². The first-order chi connectivity index (χ1) is 8.20. The van der Waals surface area contributed by atoms with Crippen molar-refractivity contribution in [3.8, 4) is 0 Å². The molecule has 0 aromatic rings.